The lowest BCUT2D eigenvalue weighted by molar-refractivity contribution is 1.32. The number of nitrogens with one attached hydrogen (secondary N) is 2. The summed E-state index contributed by atoms with van der Waals surface area (Å²) in [7, 11) is 1.85. The van der Waals surface area contributed by atoms with Gasteiger partial charge in [-0.1, -0.05) is 40.9 Å². The molecule has 0 aliphatic carbocycles. The molecule has 2 rings (SSSR count). The van der Waals surface area contributed by atoms with E-state index in [1.54, 1.807) is 12.1 Å². The molecule has 2 aromatic rings. The van der Waals surface area contributed by atoms with Crippen molar-refractivity contribution in [1.29, 1.82) is 0 Å². The maximum absolute atomic E-state index is 6.11. The van der Waals surface area contributed by atoms with Gasteiger partial charge in [0, 0.05) is 23.3 Å². The van der Waals surface area contributed by atoms with Crippen molar-refractivity contribution >= 4 is 51.9 Å². The van der Waals surface area contributed by atoms with E-state index in [-0.39, 0.29) is 0 Å². The van der Waals surface area contributed by atoms with Crippen LogP contribution in [-0.4, -0.2) is 12.8 Å². The maximum Gasteiger partial charge on any atom is 0.0842 e. The first kappa shape index (κ1) is 16.0. The molecule has 2 aromatic carbocycles. The lowest BCUT2D eigenvalue weighted by Gasteiger charge is -2.10. The molecule has 0 unspecified atom stereocenters. The summed E-state index contributed by atoms with van der Waals surface area (Å²) in [5, 5.41) is 9.02. The second kappa shape index (κ2) is 7.03. The number of hydrogen-bond acceptors (Lipinski definition) is 3. The highest BCUT2D eigenvalue weighted by atomic mass is 35.5. The van der Waals surface area contributed by atoms with E-state index < -0.39 is 0 Å². The summed E-state index contributed by atoms with van der Waals surface area (Å²) in [5.41, 5.74) is 6.21. The van der Waals surface area contributed by atoms with Gasteiger partial charge in [-0.3, -0.25) is 5.43 Å². The van der Waals surface area contributed by atoms with Gasteiger partial charge in [0.1, 0.15) is 0 Å². The Morgan fingerprint density at radius 3 is 2.52 bits per heavy atom. The molecular formula is C15H14Cl3N3. The molecular weight excluding hydrogens is 329 g/mol. The second-order valence-corrected chi connectivity index (χ2v) is 5.57. The molecule has 0 saturated heterocycles. The van der Waals surface area contributed by atoms with Gasteiger partial charge in [0.2, 0.25) is 0 Å². The molecule has 0 aliphatic heterocycles. The molecule has 0 fully saturated rings. The van der Waals surface area contributed by atoms with Crippen LogP contribution < -0.4 is 10.7 Å². The highest BCUT2D eigenvalue weighted by Gasteiger charge is 2.07. The van der Waals surface area contributed by atoms with Crippen molar-refractivity contribution in [3.8, 4) is 0 Å². The van der Waals surface area contributed by atoms with Gasteiger partial charge in [-0.05, 0) is 37.3 Å². The van der Waals surface area contributed by atoms with Crippen molar-refractivity contribution in [1.82, 2.24) is 0 Å². The molecule has 0 spiro atoms. The first-order chi connectivity index (χ1) is 10.0. The van der Waals surface area contributed by atoms with Crippen LogP contribution in [0.4, 0.5) is 11.4 Å². The van der Waals surface area contributed by atoms with Crippen molar-refractivity contribution in [3.63, 3.8) is 0 Å². The average molecular weight is 343 g/mol. The van der Waals surface area contributed by atoms with Crippen molar-refractivity contribution < 1.29 is 0 Å². The first-order valence-electron chi connectivity index (χ1n) is 6.25. The molecule has 0 bridgehead atoms. The Morgan fingerprint density at radius 1 is 1.05 bits per heavy atom. The van der Waals surface area contributed by atoms with Crippen LogP contribution in [0.1, 0.15) is 12.5 Å². The van der Waals surface area contributed by atoms with Crippen LogP contribution in [0.2, 0.25) is 15.1 Å². The molecule has 0 amide bonds. The largest absolute Gasteiger partial charge is 0.388 e. The second-order valence-electron chi connectivity index (χ2n) is 4.35. The van der Waals surface area contributed by atoms with Gasteiger partial charge < -0.3 is 5.32 Å². The average Bonchev–Trinajstić information content (AvgIpc) is 2.48. The van der Waals surface area contributed by atoms with Gasteiger partial charge in [0.15, 0.2) is 0 Å². The topological polar surface area (TPSA) is 36.4 Å². The maximum atomic E-state index is 6.11. The number of rotatable bonds is 4. The number of nitrogens with zero attached hydrogens (tertiary/aromatic N) is 1. The Balaban J connectivity index is 2.29. The van der Waals surface area contributed by atoms with E-state index >= 15 is 0 Å². The molecule has 3 nitrogen and oxygen atoms in total. The van der Waals surface area contributed by atoms with Crippen LogP contribution in [0.3, 0.4) is 0 Å². The molecule has 0 atom stereocenters. The van der Waals surface area contributed by atoms with Crippen LogP contribution in [-0.2, 0) is 0 Å². The van der Waals surface area contributed by atoms with Gasteiger partial charge in [0.05, 0.1) is 21.4 Å². The van der Waals surface area contributed by atoms with Crippen molar-refractivity contribution in [2.45, 2.75) is 6.92 Å². The normalized spacial score (nSPS) is 11.4. The molecule has 0 aromatic heterocycles. The number of hydrazone groups is 1. The van der Waals surface area contributed by atoms with Crippen LogP contribution in [0, 0.1) is 0 Å². The van der Waals surface area contributed by atoms with Crippen LogP contribution in [0.15, 0.2) is 41.5 Å². The van der Waals surface area contributed by atoms with Gasteiger partial charge in [-0.15, -0.1) is 0 Å². The minimum absolute atomic E-state index is 0.440. The summed E-state index contributed by atoms with van der Waals surface area (Å²) in [6.45, 7) is 1.89. The number of benzene rings is 2. The van der Waals surface area contributed by atoms with E-state index in [1.807, 2.05) is 38.2 Å². The van der Waals surface area contributed by atoms with Gasteiger partial charge in [-0.2, -0.15) is 5.10 Å². The minimum Gasteiger partial charge on any atom is -0.388 e. The van der Waals surface area contributed by atoms with E-state index in [9.17, 15) is 0 Å². The third-order valence-corrected chi connectivity index (χ3v) is 3.99. The zero-order valence-electron chi connectivity index (χ0n) is 11.5. The Labute approximate surface area is 138 Å². The van der Waals surface area contributed by atoms with E-state index in [0.717, 1.165) is 17.0 Å². The van der Waals surface area contributed by atoms with E-state index in [1.165, 1.54) is 0 Å². The SMILES string of the molecule is CNc1ccc(Cl)cc1/C(C)=N\Nc1cccc(Cl)c1Cl. The standard InChI is InChI=1S/C15H14Cl3N3/c1-9(11-8-10(16)6-7-13(11)19-2)20-21-14-5-3-4-12(17)15(14)18/h3-8,19,21H,1-2H3/b20-9-. The van der Waals surface area contributed by atoms with Crippen LogP contribution >= 0.6 is 34.8 Å². The van der Waals surface area contributed by atoms with Crippen molar-refractivity contribution in [2.75, 3.05) is 17.8 Å². The molecule has 0 radical (unpaired) electrons. The van der Waals surface area contributed by atoms with Gasteiger partial charge in [-0.25, -0.2) is 0 Å². The summed E-state index contributed by atoms with van der Waals surface area (Å²) >= 11 is 18.1. The molecule has 6 heteroatoms. The summed E-state index contributed by atoms with van der Waals surface area (Å²) in [6, 6.07) is 10.9. The Kier molecular flexibility index (Phi) is 5.34. The molecule has 2 N–H and O–H groups in total. The quantitative estimate of drug-likeness (QED) is 0.566. The third-order valence-electron chi connectivity index (χ3n) is 2.94. The van der Waals surface area contributed by atoms with Gasteiger partial charge in [0.25, 0.3) is 0 Å². The van der Waals surface area contributed by atoms with Gasteiger partial charge >= 0.3 is 0 Å². The highest BCUT2D eigenvalue weighted by Crippen LogP contribution is 2.29. The molecule has 21 heavy (non-hydrogen) atoms. The first-order valence-corrected chi connectivity index (χ1v) is 7.38. The van der Waals surface area contributed by atoms with E-state index in [0.29, 0.717) is 20.8 Å². The van der Waals surface area contributed by atoms with Crippen molar-refractivity contribution in [2.24, 2.45) is 5.10 Å². The highest BCUT2D eigenvalue weighted by molar-refractivity contribution is 6.43. The Bertz CT molecular complexity index is 684. The lowest BCUT2D eigenvalue weighted by Crippen LogP contribution is -2.04. The van der Waals surface area contributed by atoms with E-state index in [2.05, 4.69) is 15.8 Å². The molecule has 0 heterocycles. The van der Waals surface area contributed by atoms with Crippen LogP contribution in [0.25, 0.3) is 0 Å². The number of hydrogen-bond donors (Lipinski definition) is 2. The predicted molar refractivity (Wildman–Crippen MR) is 93.3 cm³/mol. The molecule has 0 aliphatic rings. The zero-order chi connectivity index (χ0) is 15.4. The lowest BCUT2D eigenvalue weighted by atomic mass is 10.1. The third kappa shape index (κ3) is 3.82. The number of halogens is 3. The fraction of sp³-hybridized carbons (Fsp3) is 0.133. The molecule has 0 saturated carbocycles. The Morgan fingerprint density at radius 2 is 1.81 bits per heavy atom. The summed E-state index contributed by atoms with van der Waals surface area (Å²) in [4.78, 5) is 0. The number of anilines is 2. The predicted octanol–water partition coefficient (Wildman–Crippen LogP) is 5.52. The fourth-order valence-corrected chi connectivity index (χ4v) is 2.34. The summed E-state index contributed by atoms with van der Waals surface area (Å²) < 4.78 is 0. The zero-order valence-corrected chi connectivity index (χ0v) is 13.8. The van der Waals surface area contributed by atoms with Crippen LogP contribution in [0.5, 0.6) is 0 Å². The Hall–Kier alpha value is -1.42. The summed E-state index contributed by atoms with van der Waals surface area (Å²) in [5.74, 6) is 0. The van der Waals surface area contributed by atoms with Crippen molar-refractivity contribution in [3.05, 3.63) is 57.0 Å². The monoisotopic (exact) mass is 341 g/mol. The molecule has 110 valence electrons. The minimum atomic E-state index is 0.440. The van der Waals surface area contributed by atoms with E-state index in [4.69, 9.17) is 34.8 Å². The smallest absolute Gasteiger partial charge is 0.0842 e. The summed E-state index contributed by atoms with van der Waals surface area (Å²) in [6.07, 6.45) is 0. The fourth-order valence-electron chi connectivity index (χ4n) is 1.83.